The molecule has 0 aromatic rings. The summed E-state index contributed by atoms with van der Waals surface area (Å²) >= 11 is 0. The largest absolute Gasteiger partial charge is 0.462 e. The minimum Gasteiger partial charge on any atom is -0.462 e. The van der Waals surface area contributed by atoms with Crippen molar-refractivity contribution < 1.29 is 28.6 Å². The standard InChI is InChI=1S/C46H88O6/c1-5-8-10-12-14-15-16-17-18-19-20-21-22-23-25-30-34-38-45(48)51-41-43(40-50-44(47)37-33-29-24-13-11-9-6-2)52-46(49)39-35-31-27-26-28-32-36-42(4)7-3/h42-43H,5-41H2,1-4H3/t42?,43-/m0/s1. The van der Waals surface area contributed by atoms with Crippen molar-refractivity contribution in [3.05, 3.63) is 0 Å². The van der Waals surface area contributed by atoms with Gasteiger partial charge in [-0.3, -0.25) is 14.4 Å². The van der Waals surface area contributed by atoms with Gasteiger partial charge in [0.15, 0.2) is 6.10 Å². The third-order valence-corrected chi connectivity index (χ3v) is 10.7. The Hall–Kier alpha value is -1.59. The molecule has 6 heteroatoms. The lowest BCUT2D eigenvalue weighted by molar-refractivity contribution is -0.167. The Bertz CT molecular complexity index is 783. The molecule has 0 bridgehead atoms. The molecule has 1 unspecified atom stereocenters. The summed E-state index contributed by atoms with van der Waals surface area (Å²) in [7, 11) is 0. The van der Waals surface area contributed by atoms with Crippen LogP contribution < -0.4 is 0 Å². The molecule has 0 amide bonds. The van der Waals surface area contributed by atoms with Crippen molar-refractivity contribution in [2.45, 2.75) is 259 Å². The van der Waals surface area contributed by atoms with Gasteiger partial charge in [-0.15, -0.1) is 0 Å². The van der Waals surface area contributed by atoms with Crippen molar-refractivity contribution in [2.24, 2.45) is 5.92 Å². The van der Waals surface area contributed by atoms with Gasteiger partial charge in [0.1, 0.15) is 13.2 Å². The van der Waals surface area contributed by atoms with Crippen LogP contribution in [0.1, 0.15) is 252 Å². The van der Waals surface area contributed by atoms with Crippen LogP contribution in [0.3, 0.4) is 0 Å². The van der Waals surface area contributed by atoms with Crippen LogP contribution in [0, 0.1) is 5.92 Å². The molecule has 0 spiro atoms. The van der Waals surface area contributed by atoms with Gasteiger partial charge in [-0.1, -0.05) is 214 Å². The van der Waals surface area contributed by atoms with Gasteiger partial charge in [-0.05, 0) is 25.2 Å². The SMILES string of the molecule is CCCCCCCCCCCCCCCCCCCC(=O)OC[C@H](COC(=O)CCCCCCCCC)OC(=O)CCCCCCCCC(C)CC. The van der Waals surface area contributed by atoms with E-state index in [1.165, 1.54) is 148 Å². The molecule has 0 saturated heterocycles. The van der Waals surface area contributed by atoms with Crippen LogP contribution in [0.5, 0.6) is 0 Å². The van der Waals surface area contributed by atoms with Crippen molar-refractivity contribution in [1.29, 1.82) is 0 Å². The van der Waals surface area contributed by atoms with E-state index in [-0.39, 0.29) is 31.1 Å². The van der Waals surface area contributed by atoms with Crippen LogP contribution in [0.2, 0.25) is 0 Å². The maximum atomic E-state index is 12.6. The van der Waals surface area contributed by atoms with E-state index in [0.29, 0.717) is 19.3 Å². The van der Waals surface area contributed by atoms with Crippen molar-refractivity contribution in [3.8, 4) is 0 Å². The Morgan fingerprint density at radius 3 is 1.00 bits per heavy atom. The van der Waals surface area contributed by atoms with Gasteiger partial charge in [0.25, 0.3) is 0 Å². The van der Waals surface area contributed by atoms with E-state index in [4.69, 9.17) is 14.2 Å². The molecule has 0 aromatic heterocycles. The second-order valence-corrected chi connectivity index (χ2v) is 15.9. The summed E-state index contributed by atoms with van der Waals surface area (Å²) in [5.41, 5.74) is 0. The van der Waals surface area contributed by atoms with Gasteiger partial charge in [0, 0.05) is 19.3 Å². The fraction of sp³-hybridized carbons (Fsp3) is 0.935. The number of esters is 3. The lowest BCUT2D eigenvalue weighted by Gasteiger charge is -2.18. The maximum Gasteiger partial charge on any atom is 0.306 e. The van der Waals surface area contributed by atoms with E-state index < -0.39 is 6.10 Å². The third kappa shape index (κ3) is 38.1. The molecule has 52 heavy (non-hydrogen) atoms. The Morgan fingerprint density at radius 2 is 0.673 bits per heavy atom. The average Bonchev–Trinajstić information content (AvgIpc) is 3.14. The summed E-state index contributed by atoms with van der Waals surface area (Å²) in [5.74, 6) is -0.0538. The normalized spacial score (nSPS) is 12.5. The second kappa shape index (κ2) is 40.6. The maximum absolute atomic E-state index is 12.6. The van der Waals surface area contributed by atoms with Gasteiger partial charge in [-0.2, -0.15) is 0 Å². The van der Waals surface area contributed by atoms with Gasteiger partial charge in [0.2, 0.25) is 0 Å². The summed E-state index contributed by atoms with van der Waals surface area (Å²) in [6.45, 7) is 8.93. The summed E-state index contributed by atoms with van der Waals surface area (Å²) in [6.07, 6.45) is 39.6. The van der Waals surface area contributed by atoms with E-state index in [1.54, 1.807) is 0 Å². The summed E-state index contributed by atoms with van der Waals surface area (Å²) in [4.78, 5) is 37.5. The minimum absolute atomic E-state index is 0.0651. The molecular weight excluding hydrogens is 648 g/mol. The van der Waals surface area contributed by atoms with Crippen molar-refractivity contribution in [3.63, 3.8) is 0 Å². The molecule has 0 fully saturated rings. The summed E-state index contributed by atoms with van der Waals surface area (Å²) in [5, 5.41) is 0. The van der Waals surface area contributed by atoms with Crippen LogP contribution in [0.25, 0.3) is 0 Å². The fourth-order valence-electron chi connectivity index (χ4n) is 6.77. The monoisotopic (exact) mass is 737 g/mol. The second-order valence-electron chi connectivity index (χ2n) is 15.9. The summed E-state index contributed by atoms with van der Waals surface area (Å²) < 4.78 is 16.6. The average molecular weight is 737 g/mol. The van der Waals surface area contributed by atoms with Crippen LogP contribution >= 0.6 is 0 Å². The Kier molecular flexibility index (Phi) is 39.4. The number of hydrogen-bond donors (Lipinski definition) is 0. The molecular formula is C46H88O6. The van der Waals surface area contributed by atoms with Crippen molar-refractivity contribution >= 4 is 17.9 Å². The first kappa shape index (κ1) is 50.4. The number of carbonyl (C=O) groups is 3. The Labute approximate surface area is 323 Å². The molecule has 0 aliphatic heterocycles. The topological polar surface area (TPSA) is 78.9 Å². The Balaban J connectivity index is 4.21. The first-order valence-electron chi connectivity index (χ1n) is 22.9. The molecule has 0 aromatic carbocycles. The van der Waals surface area contributed by atoms with Crippen LogP contribution in [0.4, 0.5) is 0 Å². The zero-order valence-corrected chi connectivity index (χ0v) is 35.3. The first-order valence-corrected chi connectivity index (χ1v) is 22.9. The molecule has 0 radical (unpaired) electrons. The lowest BCUT2D eigenvalue weighted by atomic mass is 10.00. The van der Waals surface area contributed by atoms with Crippen LogP contribution in [-0.4, -0.2) is 37.2 Å². The highest BCUT2D eigenvalue weighted by atomic mass is 16.6. The van der Waals surface area contributed by atoms with Gasteiger partial charge in [-0.25, -0.2) is 0 Å². The smallest absolute Gasteiger partial charge is 0.306 e. The van der Waals surface area contributed by atoms with Crippen LogP contribution in [0.15, 0.2) is 0 Å². The highest BCUT2D eigenvalue weighted by molar-refractivity contribution is 5.71. The van der Waals surface area contributed by atoms with Crippen molar-refractivity contribution in [2.75, 3.05) is 13.2 Å². The van der Waals surface area contributed by atoms with E-state index in [0.717, 1.165) is 63.7 Å². The number of rotatable bonds is 41. The van der Waals surface area contributed by atoms with Gasteiger partial charge in [0.05, 0.1) is 0 Å². The predicted octanol–water partition coefficient (Wildman–Crippen LogP) is 14.3. The molecule has 6 nitrogen and oxygen atoms in total. The number of hydrogen-bond acceptors (Lipinski definition) is 6. The molecule has 0 aliphatic carbocycles. The van der Waals surface area contributed by atoms with Crippen molar-refractivity contribution in [1.82, 2.24) is 0 Å². The third-order valence-electron chi connectivity index (χ3n) is 10.7. The van der Waals surface area contributed by atoms with Gasteiger partial charge >= 0.3 is 17.9 Å². The zero-order valence-electron chi connectivity index (χ0n) is 35.3. The van der Waals surface area contributed by atoms with Crippen LogP contribution in [-0.2, 0) is 28.6 Å². The summed E-state index contributed by atoms with van der Waals surface area (Å²) in [6, 6.07) is 0. The van der Waals surface area contributed by atoms with Gasteiger partial charge < -0.3 is 14.2 Å². The van der Waals surface area contributed by atoms with E-state index in [2.05, 4.69) is 27.7 Å². The number of unbranched alkanes of at least 4 members (excludes halogenated alkanes) is 27. The molecule has 0 heterocycles. The number of carbonyl (C=O) groups excluding carboxylic acids is 3. The van der Waals surface area contributed by atoms with E-state index in [1.807, 2.05) is 0 Å². The van der Waals surface area contributed by atoms with E-state index >= 15 is 0 Å². The molecule has 0 saturated carbocycles. The quantitative estimate of drug-likeness (QED) is 0.0353. The fourth-order valence-corrected chi connectivity index (χ4v) is 6.77. The minimum atomic E-state index is -0.759. The molecule has 0 aliphatic rings. The highest BCUT2D eigenvalue weighted by Gasteiger charge is 2.19. The molecule has 2 atom stereocenters. The predicted molar refractivity (Wildman–Crippen MR) is 220 cm³/mol. The lowest BCUT2D eigenvalue weighted by Crippen LogP contribution is -2.30. The zero-order chi connectivity index (χ0) is 38.2. The Morgan fingerprint density at radius 1 is 0.385 bits per heavy atom. The molecule has 0 rings (SSSR count). The number of ether oxygens (including phenoxy) is 3. The molecule has 308 valence electrons. The first-order chi connectivity index (χ1) is 25.4. The highest BCUT2D eigenvalue weighted by Crippen LogP contribution is 2.17. The van der Waals surface area contributed by atoms with E-state index in [9.17, 15) is 14.4 Å². The molecule has 0 N–H and O–H groups in total.